The quantitative estimate of drug-likeness (QED) is 0.379. The number of thiocarbonyl (C=S) groups is 2. The van der Waals surface area contributed by atoms with Crippen molar-refractivity contribution in [2.45, 2.75) is 0 Å². The Kier molecular flexibility index (Phi) is 7.46. The second kappa shape index (κ2) is 7.15. The lowest BCUT2D eigenvalue weighted by molar-refractivity contribution is 0.852. The van der Waals surface area contributed by atoms with Crippen molar-refractivity contribution >= 4 is 58.1 Å². The van der Waals surface area contributed by atoms with Crippen LogP contribution in [0.15, 0.2) is 0 Å². The number of nitrogens with one attached hydrogen (secondary N) is 2. The minimum Gasteiger partial charge on any atom is -0.362 e. The predicted molar refractivity (Wildman–Crippen MR) is 63.7 cm³/mol. The summed E-state index contributed by atoms with van der Waals surface area (Å²) in [6, 6.07) is 0. The zero-order chi connectivity index (χ0) is 8.69. The van der Waals surface area contributed by atoms with Crippen LogP contribution >= 0.6 is 48.8 Å². The maximum absolute atomic E-state index is 4.89. The van der Waals surface area contributed by atoms with Crippen molar-refractivity contribution in [3.05, 3.63) is 0 Å². The molecule has 0 aliphatic heterocycles. The van der Waals surface area contributed by atoms with E-state index >= 15 is 0 Å². The highest BCUT2D eigenvalue weighted by molar-refractivity contribution is 8.22. The summed E-state index contributed by atoms with van der Waals surface area (Å²) in [5, 5.41) is 5.90. The highest BCUT2D eigenvalue weighted by Gasteiger charge is 1.92. The maximum atomic E-state index is 4.89. The zero-order valence-corrected chi connectivity index (χ0v) is 9.43. The summed E-state index contributed by atoms with van der Waals surface area (Å²) in [4.78, 5) is 0.727. The van der Waals surface area contributed by atoms with Gasteiger partial charge in [0.05, 0.1) is 11.7 Å². The molecule has 0 saturated heterocycles. The molecule has 0 aromatic rings. The van der Waals surface area contributed by atoms with Gasteiger partial charge in [0, 0.05) is 5.75 Å². The molecular formula is C5H10N2S4. The van der Waals surface area contributed by atoms with Crippen molar-refractivity contribution in [1.29, 1.82) is 0 Å². The molecule has 2 nitrogen and oxygen atoms in total. The van der Waals surface area contributed by atoms with E-state index in [2.05, 4.69) is 23.3 Å². The van der Waals surface area contributed by atoms with E-state index in [9.17, 15) is 0 Å². The van der Waals surface area contributed by atoms with Gasteiger partial charge in [-0.1, -0.05) is 24.4 Å². The third-order valence-corrected chi connectivity index (χ3v) is 2.83. The Hall–Kier alpha value is 0.480. The van der Waals surface area contributed by atoms with Crippen molar-refractivity contribution < 1.29 is 0 Å². The Labute approximate surface area is 87.3 Å². The Bertz CT molecular complexity index is 131. The van der Waals surface area contributed by atoms with Gasteiger partial charge in [-0.3, -0.25) is 0 Å². The smallest absolute Gasteiger partial charge is 0.134 e. The fourth-order valence-electron chi connectivity index (χ4n) is 0.343. The van der Waals surface area contributed by atoms with Gasteiger partial charge >= 0.3 is 0 Å². The third kappa shape index (κ3) is 6.86. The monoisotopic (exact) mass is 226 g/mol. The Balaban J connectivity index is 3.27. The van der Waals surface area contributed by atoms with Crippen LogP contribution in [0.25, 0.3) is 0 Å². The summed E-state index contributed by atoms with van der Waals surface area (Å²) in [5.74, 6) is 0.572. The molecule has 0 unspecified atom stereocenters. The summed E-state index contributed by atoms with van der Waals surface area (Å²) >= 11 is 15.3. The van der Waals surface area contributed by atoms with E-state index in [1.165, 1.54) is 11.8 Å². The summed E-state index contributed by atoms with van der Waals surface area (Å²) in [7, 11) is 0. The molecular weight excluding hydrogens is 216 g/mol. The SMILES string of the molecule is CSC(=S)NCNC(=S)CS. The molecule has 0 saturated carbocycles. The van der Waals surface area contributed by atoms with E-state index in [4.69, 9.17) is 24.4 Å². The van der Waals surface area contributed by atoms with Gasteiger partial charge in [-0.25, -0.2) is 0 Å². The average Bonchev–Trinajstić information content (AvgIpc) is 2.04. The van der Waals surface area contributed by atoms with Crippen LogP contribution in [0.2, 0.25) is 0 Å². The molecule has 0 amide bonds. The first-order valence-corrected chi connectivity index (χ1v) is 5.57. The van der Waals surface area contributed by atoms with Gasteiger partial charge in [-0.15, -0.1) is 11.8 Å². The van der Waals surface area contributed by atoms with Crippen molar-refractivity contribution in [3.63, 3.8) is 0 Å². The molecule has 0 aliphatic carbocycles. The Morgan fingerprint density at radius 2 is 2.09 bits per heavy atom. The van der Waals surface area contributed by atoms with Crippen LogP contribution in [-0.4, -0.2) is 28.0 Å². The molecule has 11 heavy (non-hydrogen) atoms. The fourth-order valence-corrected chi connectivity index (χ4v) is 0.816. The Morgan fingerprint density at radius 1 is 1.45 bits per heavy atom. The normalized spacial score (nSPS) is 8.91. The maximum Gasteiger partial charge on any atom is 0.134 e. The number of thioether (sulfide) groups is 1. The number of hydrogen-bond donors (Lipinski definition) is 3. The molecule has 0 bridgehead atoms. The first-order chi connectivity index (χ1) is 5.20. The lowest BCUT2D eigenvalue weighted by Gasteiger charge is -2.07. The molecule has 0 aromatic carbocycles. The van der Waals surface area contributed by atoms with Gasteiger partial charge in [0.2, 0.25) is 0 Å². The van der Waals surface area contributed by atoms with Crippen LogP contribution < -0.4 is 10.6 Å². The molecule has 0 fully saturated rings. The molecule has 6 heteroatoms. The van der Waals surface area contributed by atoms with Gasteiger partial charge in [0.15, 0.2) is 0 Å². The van der Waals surface area contributed by atoms with E-state index in [1.807, 2.05) is 6.26 Å². The van der Waals surface area contributed by atoms with E-state index in [0.717, 1.165) is 9.31 Å². The summed E-state index contributed by atoms with van der Waals surface area (Å²) < 4.78 is 0.763. The lowest BCUT2D eigenvalue weighted by Crippen LogP contribution is -2.35. The van der Waals surface area contributed by atoms with E-state index in [1.54, 1.807) is 0 Å². The largest absolute Gasteiger partial charge is 0.362 e. The van der Waals surface area contributed by atoms with Gasteiger partial charge < -0.3 is 10.6 Å². The standard InChI is InChI=1S/C5H10N2S4/c1-11-5(10)7-3-6-4(9)2-8/h8H,2-3H2,1H3,(H,6,9)(H,7,10). The molecule has 0 heterocycles. The average molecular weight is 226 g/mol. The molecule has 0 aromatic heterocycles. The summed E-state index contributed by atoms with van der Waals surface area (Å²) in [5.41, 5.74) is 0. The van der Waals surface area contributed by atoms with Gasteiger partial charge in [0.25, 0.3) is 0 Å². The van der Waals surface area contributed by atoms with Crippen molar-refractivity contribution in [2.24, 2.45) is 0 Å². The molecule has 2 N–H and O–H groups in total. The Morgan fingerprint density at radius 3 is 2.55 bits per heavy atom. The van der Waals surface area contributed by atoms with Gasteiger partial charge in [-0.2, -0.15) is 12.6 Å². The number of rotatable bonds is 3. The first kappa shape index (κ1) is 11.5. The number of hydrogen-bond acceptors (Lipinski definition) is 4. The van der Waals surface area contributed by atoms with E-state index < -0.39 is 0 Å². The summed E-state index contributed by atoms with van der Waals surface area (Å²) in [6.45, 7) is 0.582. The second-order valence-corrected chi connectivity index (χ2v) is 3.90. The molecule has 0 spiro atoms. The molecule has 64 valence electrons. The van der Waals surface area contributed by atoms with E-state index in [-0.39, 0.29) is 0 Å². The van der Waals surface area contributed by atoms with Crippen molar-refractivity contribution in [3.8, 4) is 0 Å². The fraction of sp³-hybridized carbons (Fsp3) is 0.600. The zero-order valence-electron chi connectivity index (χ0n) is 6.09. The topological polar surface area (TPSA) is 24.1 Å². The number of thiol groups is 1. The summed E-state index contributed by atoms with van der Waals surface area (Å²) in [6.07, 6.45) is 1.92. The van der Waals surface area contributed by atoms with Gasteiger partial charge in [0.1, 0.15) is 4.32 Å². The van der Waals surface area contributed by atoms with E-state index in [0.29, 0.717) is 12.4 Å². The first-order valence-electron chi connectivity index (χ1n) is 2.90. The molecule has 0 radical (unpaired) electrons. The minimum atomic E-state index is 0.572. The molecule has 0 atom stereocenters. The molecule has 0 rings (SSSR count). The highest BCUT2D eigenvalue weighted by atomic mass is 32.2. The van der Waals surface area contributed by atoms with Crippen LogP contribution in [0.1, 0.15) is 0 Å². The third-order valence-electron chi connectivity index (χ3n) is 0.847. The molecule has 0 aliphatic rings. The van der Waals surface area contributed by atoms with Crippen LogP contribution in [0.5, 0.6) is 0 Å². The highest BCUT2D eigenvalue weighted by Crippen LogP contribution is 1.91. The van der Waals surface area contributed by atoms with Gasteiger partial charge in [-0.05, 0) is 6.26 Å². The van der Waals surface area contributed by atoms with Crippen LogP contribution in [-0.2, 0) is 0 Å². The van der Waals surface area contributed by atoms with Crippen LogP contribution in [0.3, 0.4) is 0 Å². The second-order valence-electron chi connectivity index (χ2n) is 1.60. The predicted octanol–water partition coefficient (Wildman–Crippen LogP) is 1.03. The minimum absolute atomic E-state index is 0.572. The van der Waals surface area contributed by atoms with Crippen molar-refractivity contribution in [2.75, 3.05) is 18.7 Å². The van der Waals surface area contributed by atoms with Crippen molar-refractivity contribution in [1.82, 2.24) is 10.6 Å². The van der Waals surface area contributed by atoms with Crippen LogP contribution in [0, 0.1) is 0 Å². The van der Waals surface area contributed by atoms with Crippen LogP contribution in [0.4, 0.5) is 0 Å². The lowest BCUT2D eigenvalue weighted by atomic mass is 10.7.